The zero-order chi connectivity index (χ0) is 14.8. The second-order valence-corrected chi connectivity index (χ2v) is 4.33. The van der Waals surface area contributed by atoms with E-state index in [1.807, 2.05) is 0 Å². The van der Waals surface area contributed by atoms with Crippen molar-refractivity contribution in [1.29, 1.82) is 0 Å². The first-order valence-electron chi connectivity index (χ1n) is 6.16. The van der Waals surface area contributed by atoms with Crippen LogP contribution in [0.25, 0.3) is 11.2 Å². The number of ether oxygens (including phenoxy) is 1. The molecule has 3 rings (SSSR count). The van der Waals surface area contributed by atoms with Gasteiger partial charge in [-0.15, -0.1) is 0 Å². The lowest BCUT2D eigenvalue weighted by Crippen LogP contribution is -2.04. The summed E-state index contributed by atoms with van der Waals surface area (Å²) < 4.78 is 5.14. The third-order valence-corrected chi connectivity index (χ3v) is 3.00. The minimum absolute atomic E-state index is 0.0438. The number of phenols is 2. The van der Waals surface area contributed by atoms with Crippen LogP contribution in [-0.4, -0.2) is 37.3 Å². The van der Waals surface area contributed by atoms with E-state index in [0.717, 1.165) is 0 Å². The van der Waals surface area contributed by atoms with Crippen molar-refractivity contribution in [2.45, 2.75) is 6.54 Å². The van der Waals surface area contributed by atoms with Crippen LogP contribution in [0.2, 0.25) is 0 Å². The van der Waals surface area contributed by atoms with Crippen LogP contribution in [0.4, 0.5) is 5.82 Å². The van der Waals surface area contributed by atoms with Crippen LogP contribution >= 0.6 is 0 Å². The molecule has 0 aliphatic carbocycles. The number of H-pyrrole nitrogens is 1. The number of methoxy groups -OCH3 is 1. The van der Waals surface area contributed by atoms with Gasteiger partial charge in [-0.05, 0) is 6.07 Å². The van der Waals surface area contributed by atoms with Crippen molar-refractivity contribution in [3.05, 3.63) is 30.4 Å². The van der Waals surface area contributed by atoms with E-state index in [1.54, 1.807) is 0 Å². The first-order chi connectivity index (χ1) is 10.2. The molecule has 0 saturated heterocycles. The van der Waals surface area contributed by atoms with Gasteiger partial charge in [0.05, 0.1) is 13.4 Å². The van der Waals surface area contributed by atoms with E-state index in [1.165, 1.54) is 31.9 Å². The Bertz CT molecular complexity index is 787. The predicted octanol–water partition coefficient (Wildman–Crippen LogP) is 1.38. The molecular formula is C13H13N5O3. The van der Waals surface area contributed by atoms with Crippen LogP contribution in [0.5, 0.6) is 17.2 Å². The molecule has 8 heteroatoms. The number of fused-ring (bicyclic) bond motifs is 1. The predicted molar refractivity (Wildman–Crippen MR) is 75.3 cm³/mol. The Morgan fingerprint density at radius 3 is 2.90 bits per heavy atom. The molecular weight excluding hydrogens is 274 g/mol. The minimum atomic E-state index is -0.123. The van der Waals surface area contributed by atoms with Gasteiger partial charge in [-0.2, -0.15) is 0 Å². The number of aromatic nitrogens is 4. The van der Waals surface area contributed by atoms with Gasteiger partial charge >= 0.3 is 0 Å². The third kappa shape index (κ3) is 2.38. The van der Waals surface area contributed by atoms with E-state index >= 15 is 0 Å². The molecule has 0 saturated carbocycles. The van der Waals surface area contributed by atoms with Gasteiger partial charge in [-0.25, -0.2) is 15.0 Å². The van der Waals surface area contributed by atoms with Crippen LogP contribution < -0.4 is 10.1 Å². The second-order valence-electron chi connectivity index (χ2n) is 4.33. The maximum absolute atomic E-state index is 9.75. The van der Waals surface area contributed by atoms with Crippen molar-refractivity contribution in [2.75, 3.05) is 12.4 Å². The maximum atomic E-state index is 9.75. The Morgan fingerprint density at radius 2 is 2.10 bits per heavy atom. The van der Waals surface area contributed by atoms with E-state index in [4.69, 9.17) is 4.74 Å². The van der Waals surface area contributed by atoms with E-state index in [-0.39, 0.29) is 11.5 Å². The van der Waals surface area contributed by atoms with Crippen molar-refractivity contribution in [2.24, 2.45) is 0 Å². The molecule has 0 atom stereocenters. The SMILES string of the molecule is COc1c(O)cc(O)cc1CNc1ncnc2[nH]cnc12. The van der Waals surface area contributed by atoms with Crippen molar-refractivity contribution < 1.29 is 14.9 Å². The molecule has 8 nitrogen and oxygen atoms in total. The maximum Gasteiger partial charge on any atom is 0.165 e. The van der Waals surface area contributed by atoms with E-state index in [0.29, 0.717) is 34.8 Å². The summed E-state index contributed by atoms with van der Waals surface area (Å²) in [6.07, 6.45) is 2.95. The average Bonchev–Trinajstić information content (AvgIpc) is 2.93. The highest BCUT2D eigenvalue weighted by molar-refractivity contribution is 5.81. The molecule has 0 aliphatic heterocycles. The third-order valence-electron chi connectivity index (χ3n) is 3.00. The normalized spacial score (nSPS) is 10.7. The Balaban J connectivity index is 1.90. The fourth-order valence-electron chi connectivity index (χ4n) is 2.10. The van der Waals surface area contributed by atoms with Gasteiger partial charge in [-0.1, -0.05) is 0 Å². The summed E-state index contributed by atoms with van der Waals surface area (Å²) in [5, 5.41) is 22.4. The summed E-state index contributed by atoms with van der Waals surface area (Å²) in [7, 11) is 1.45. The second kappa shape index (κ2) is 5.16. The molecule has 0 bridgehead atoms. The molecule has 21 heavy (non-hydrogen) atoms. The van der Waals surface area contributed by atoms with E-state index in [2.05, 4.69) is 25.3 Å². The summed E-state index contributed by atoms with van der Waals surface area (Å²) in [5.41, 5.74) is 1.83. The fraction of sp³-hybridized carbons (Fsp3) is 0.154. The molecule has 0 aliphatic rings. The molecule has 0 fully saturated rings. The van der Waals surface area contributed by atoms with Crippen LogP contribution in [-0.2, 0) is 6.54 Å². The van der Waals surface area contributed by atoms with Gasteiger partial charge in [0.15, 0.2) is 23.0 Å². The Hall–Kier alpha value is -3.03. The number of imidazole rings is 1. The zero-order valence-corrected chi connectivity index (χ0v) is 11.2. The molecule has 3 aromatic rings. The number of phenolic OH excluding ortho intramolecular Hbond substituents is 2. The monoisotopic (exact) mass is 287 g/mol. The zero-order valence-electron chi connectivity index (χ0n) is 11.2. The number of aromatic amines is 1. The first-order valence-corrected chi connectivity index (χ1v) is 6.16. The number of anilines is 1. The highest BCUT2D eigenvalue weighted by Gasteiger charge is 2.12. The van der Waals surface area contributed by atoms with Gasteiger partial charge in [0.1, 0.15) is 17.6 Å². The number of hydrogen-bond acceptors (Lipinski definition) is 7. The smallest absolute Gasteiger partial charge is 0.165 e. The summed E-state index contributed by atoms with van der Waals surface area (Å²) >= 11 is 0. The Labute approximate surface area is 119 Å². The van der Waals surface area contributed by atoms with Crippen LogP contribution in [0.1, 0.15) is 5.56 Å². The highest BCUT2D eigenvalue weighted by Crippen LogP contribution is 2.34. The molecule has 0 spiro atoms. The minimum Gasteiger partial charge on any atom is -0.508 e. The quantitative estimate of drug-likeness (QED) is 0.573. The van der Waals surface area contributed by atoms with Crippen molar-refractivity contribution >= 4 is 17.0 Å². The average molecular weight is 287 g/mol. The van der Waals surface area contributed by atoms with Crippen LogP contribution in [0.3, 0.4) is 0 Å². The molecule has 108 valence electrons. The van der Waals surface area contributed by atoms with Crippen molar-refractivity contribution in [1.82, 2.24) is 19.9 Å². The lowest BCUT2D eigenvalue weighted by Gasteiger charge is -2.12. The molecule has 4 N–H and O–H groups in total. The fourth-order valence-corrected chi connectivity index (χ4v) is 2.10. The van der Waals surface area contributed by atoms with Gasteiger partial charge in [0, 0.05) is 18.2 Å². The largest absolute Gasteiger partial charge is 0.508 e. The molecule has 0 radical (unpaired) electrons. The standard InChI is InChI=1S/C13H13N5O3/c1-21-11-7(2-8(19)3-9(11)20)4-14-12-10-13(16-5-15-10)18-6-17-12/h2-3,5-6,19-20H,4H2,1H3,(H2,14,15,16,17,18). The van der Waals surface area contributed by atoms with Gasteiger partial charge < -0.3 is 25.3 Å². The molecule has 2 aromatic heterocycles. The molecule has 2 heterocycles. The first kappa shape index (κ1) is 13.0. The number of aromatic hydroxyl groups is 2. The number of nitrogens with zero attached hydrogens (tertiary/aromatic N) is 3. The summed E-state index contributed by atoms with van der Waals surface area (Å²) in [6.45, 7) is 0.296. The van der Waals surface area contributed by atoms with Gasteiger partial charge in [0.2, 0.25) is 0 Å². The van der Waals surface area contributed by atoms with Crippen molar-refractivity contribution in [3.8, 4) is 17.2 Å². The van der Waals surface area contributed by atoms with Gasteiger partial charge in [0.25, 0.3) is 0 Å². The lowest BCUT2D eigenvalue weighted by atomic mass is 10.1. The summed E-state index contributed by atoms with van der Waals surface area (Å²) in [6, 6.07) is 2.73. The van der Waals surface area contributed by atoms with Gasteiger partial charge in [-0.3, -0.25) is 0 Å². The highest BCUT2D eigenvalue weighted by atomic mass is 16.5. The van der Waals surface area contributed by atoms with Crippen molar-refractivity contribution in [3.63, 3.8) is 0 Å². The number of nitrogens with one attached hydrogen (secondary N) is 2. The lowest BCUT2D eigenvalue weighted by molar-refractivity contribution is 0.365. The van der Waals surface area contributed by atoms with Crippen LogP contribution in [0, 0.1) is 0 Å². The van der Waals surface area contributed by atoms with Crippen LogP contribution in [0.15, 0.2) is 24.8 Å². The topological polar surface area (TPSA) is 116 Å². The Morgan fingerprint density at radius 1 is 1.24 bits per heavy atom. The number of benzene rings is 1. The van der Waals surface area contributed by atoms with E-state index < -0.39 is 0 Å². The van der Waals surface area contributed by atoms with E-state index in [9.17, 15) is 10.2 Å². The number of rotatable bonds is 4. The summed E-state index contributed by atoms with van der Waals surface area (Å²) in [4.78, 5) is 15.2. The Kier molecular flexibility index (Phi) is 3.19. The summed E-state index contributed by atoms with van der Waals surface area (Å²) in [5.74, 6) is 0.679. The number of hydrogen-bond donors (Lipinski definition) is 4. The molecule has 1 aromatic carbocycles. The molecule has 0 unspecified atom stereocenters. The molecule has 0 amide bonds.